The molecule has 3 rings (SSSR count). The molecular weight excluding hydrogens is 220 g/mol. The van der Waals surface area contributed by atoms with Crippen LogP contribution in [-0.4, -0.2) is 17.5 Å². The van der Waals surface area contributed by atoms with Crippen LogP contribution < -0.4 is 5.73 Å². The van der Waals surface area contributed by atoms with Gasteiger partial charge in [-0.25, -0.2) is 0 Å². The summed E-state index contributed by atoms with van der Waals surface area (Å²) in [6.07, 6.45) is 5.23. The minimum Gasteiger partial charge on any atom is -0.398 e. The van der Waals surface area contributed by atoms with Crippen LogP contribution in [-0.2, 0) is 13.0 Å². The summed E-state index contributed by atoms with van der Waals surface area (Å²) in [5.74, 6) is 0. The highest BCUT2D eigenvalue weighted by molar-refractivity contribution is 5.51. The van der Waals surface area contributed by atoms with Crippen molar-refractivity contribution in [1.29, 1.82) is 0 Å². The monoisotopic (exact) mass is 244 g/mol. The zero-order valence-corrected chi connectivity index (χ0v) is 11.6. The molecule has 2 aliphatic rings. The molecule has 0 amide bonds. The SMILES string of the molecule is CC1(C)CCC(N2CCc3cccc(N)c3C2)C1. The Morgan fingerprint density at radius 3 is 2.89 bits per heavy atom. The van der Waals surface area contributed by atoms with Crippen LogP contribution in [0.5, 0.6) is 0 Å². The van der Waals surface area contributed by atoms with Crippen LogP contribution in [0.2, 0.25) is 0 Å². The maximum atomic E-state index is 6.13. The van der Waals surface area contributed by atoms with E-state index in [0.29, 0.717) is 5.41 Å². The van der Waals surface area contributed by atoms with E-state index < -0.39 is 0 Å². The lowest BCUT2D eigenvalue weighted by Gasteiger charge is -2.35. The lowest BCUT2D eigenvalue weighted by atomic mass is 9.91. The molecule has 2 N–H and O–H groups in total. The van der Waals surface area contributed by atoms with Crippen LogP contribution in [0, 0.1) is 5.41 Å². The van der Waals surface area contributed by atoms with Gasteiger partial charge in [0.2, 0.25) is 0 Å². The lowest BCUT2D eigenvalue weighted by molar-refractivity contribution is 0.170. The summed E-state index contributed by atoms with van der Waals surface area (Å²) in [5, 5.41) is 0. The maximum absolute atomic E-state index is 6.13. The third-order valence-corrected chi connectivity index (χ3v) is 4.80. The second-order valence-electron chi connectivity index (χ2n) is 6.77. The average Bonchev–Trinajstić information content (AvgIpc) is 2.70. The fourth-order valence-corrected chi connectivity index (χ4v) is 3.65. The second kappa shape index (κ2) is 4.27. The van der Waals surface area contributed by atoms with E-state index in [1.54, 1.807) is 0 Å². The minimum absolute atomic E-state index is 0.535. The van der Waals surface area contributed by atoms with Crippen molar-refractivity contribution in [1.82, 2.24) is 4.90 Å². The van der Waals surface area contributed by atoms with E-state index in [1.807, 2.05) is 6.07 Å². The molecule has 1 atom stereocenters. The molecule has 1 aromatic carbocycles. The third kappa shape index (κ3) is 2.14. The van der Waals surface area contributed by atoms with Crippen molar-refractivity contribution >= 4 is 5.69 Å². The van der Waals surface area contributed by atoms with Gasteiger partial charge >= 0.3 is 0 Å². The van der Waals surface area contributed by atoms with Crippen molar-refractivity contribution in [3.8, 4) is 0 Å². The molecule has 1 heterocycles. The predicted molar refractivity (Wildman–Crippen MR) is 76.4 cm³/mol. The van der Waals surface area contributed by atoms with E-state index >= 15 is 0 Å². The maximum Gasteiger partial charge on any atom is 0.0362 e. The number of anilines is 1. The molecular formula is C16H24N2. The molecule has 0 bridgehead atoms. The highest BCUT2D eigenvalue weighted by Gasteiger charge is 2.35. The fraction of sp³-hybridized carbons (Fsp3) is 0.625. The fourth-order valence-electron chi connectivity index (χ4n) is 3.65. The molecule has 1 unspecified atom stereocenters. The van der Waals surface area contributed by atoms with Crippen molar-refractivity contribution in [2.45, 2.75) is 52.1 Å². The zero-order chi connectivity index (χ0) is 12.8. The Balaban J connectivity index is 1.77. The Kier molecular flexibility index (Phi) is 2.86. The molecule has 2 heteroatoms. The molecule has 1 fully saturated rings. The Morgan fingerprint density at radius 1 is 1.33 bits per heavy atom. The first-order valence-electron chi connectivity index (χ1n) is 7.15. The number of fused-ring (bicyclic) bond motifs is 1. The molecule has 1 aliphatic carbocycles. The smallest absolute Gasteiger partial charge is 0.0362 e. The molecule has 2 nitrogen and oxygen atoms in total. The molecule has 1 saturated carbocycles. The largest absolute Gasteiger partial charge is 0.398 e. The first kappa shape index (κ1) is 12.0. The molecule has 0 radical (unpaired) electrons. The van der Waals surface area contributed by atoms with Crippen LogP contribution in [0.4, 0.5) is 5.69 Å². The van der Waals surface area contributed by atoms with Crippen molar-refractivity contribution in [3.63, 3.8) is 0 Å². The number of nitrogens with zero attached hydrogens (tertiary/aromatic N) is 1. The number of rotatable bonds is 1. The minimum atomic E-state index is 0.535. The number of nitrogen functional groups attached to an aromatic ring is 1. The van der Waals surface area contributed by atoms with E-state index in [4.69, 9.17) is 5.73 Å². The molecule has 1 aliphatic heterocycles. The van der Waals surface area contributed by atoms with E-state index in [0.717, 1.165) is 24.7 Å². The van der Waals surface area contributed by atoms with Crippen LogP contribution in [0.15, 0.2) is 18.2 Å². The second-order valence-corrected chi connectivity index (χ2v) is 6.77. The number of benzene rings is 1. The van der Waals surface area contributed by atoms with Gasteiger partial charge in [-0.1, -0.05) is 26.0 Å². The van der Waals surface area contributed by atoms with Gasteiger partial charge in [0.05, 0.1) is 0 Å². The van der Waals surface area contributed by atoms with Gasteiger partial charge in [0.25, 0.3) is 0 Å². The van der Waals surface area contributed by atoms with Gasteiger partial charge in [-0.3, -0.25) is 4.90 Å². The van der Waals surface area contributed by atoms with Gasteiger partial charge in [0.15, 0.2) is 0 Å². The molecule has 1 aromatic rings. The normalized spacial score (nSPS) is 27.1. The summed E-state index contributed by atoms with van der Waals surface area (Å²) < 4.78 is 0. The Morgan fingerprint density at radius 2 is 2.17 bits per heavy atom. The summed E-state index contributed by atoms with van der Waals surface area (Å²) in [6.45, 7) is 7.07. The van der Waals surface area contributed by atoms with Crippen LogP contribution in [0.1, 0.15) is 44.2 Å². The number of hydrogen-bond donors (Lipinski definition) is 1. The van der Waals surface area contributed by atoms with Crippen LogP contribution >= 0.6 is 0 Å². The van der Waals surface area contributed by atoms with E-state index in [9.17, 15) is 0 Å². The average molecular weight is 244 g/mol. The Labute approximate surface area is 110 Å². The predicted octanol–water partition coefficient (Wildman–Crippen LogP) is 3.21. The summed E-state index contributed by atoms with van der Waals surface area (Å²) in [6, 6.07) is 7.14. The van der Waals surface area contributed by atoms with E-state index in [-0.39, 0.29) is 0 Å². The first-order valence-corrected chi connectivity index (χ1v) is 7.15. The van der Waals surface area contributed by atoms with Crippen molar-refractivity contribution in [2.75, 3.05) is 12.3 Å². The molecule has 18 heavy (non-hydrogen) atoms. The number of nitrogens with two attached hydrogens (primary N) is 1. The van der Waals surface area contributed by atoms with Gasteiger partial charge in [0, 0.05) is 24.8 Å². The highest BCUT2D eigenvalue weighted by Crippen LogP contribution is 2.40. The molecule has 98 valence electrons. The number of hydrogen-bond acceptors (Lipinski definition) is 2. The van der Waals surface area contributed by atoms with E-state index in [2.05, 4.69) is 30.9 Å². The summed E-state index contributed by atoms with van der Waals surface area (Å²) in [7, 11) is 0. The summed E-state index contributed by atoms with van der Waals surface area (Å²) in [5.41, 5.74) is 10.5. The lowest BCUT2D eigenvalue weighted by Crippen LogP contribution is -2.38. The Bertz CT molecular complexity index is 450. The van der Waals surface area contributed by atoms with Crippen molar-refractivity contribution in [3.05, 3.63) is 29.3 Å². The molecule has 0 aromatic heterocycles. The van der Waals surface area contributed by atoms with Gasteiger partial charge in [0.1, 0.15) is 0 Å². The van der Waals surface area contributed by atoms with Gasteiger partial charge in [-0.15, -0.1) is 0 Å². The van der Waals surface area contributed by atoms with Gasteiger partial charge in [-0.05, 0) is 48.3 Å². The summed E-state index contributed by atoms with van der Waals surface area (Å²) >= 11 is 0. The van der Waals surface area contributed by atoms with Gasteiger partial charge in [-0.2, -0.15) is 0 Å². The zero-order valence-electron chi connectivity index (χ0n) is 11.6. The van der Waals surface area contributed by atoms with Crippen LogP contribution in [0.25, 0.3) is 0 Å². The third-order valence-electron chi connectivity index (χ3n) is 4.80. The summed E-state index contributed by atoms with van der Waals surface area (Å²) in [4.78, 5) is 2.66. The van der Waals surface area contributed by atoms with Gasteiger partial charge < -0.3 is 5.73 Å². The van der Waals surface area contributed by atoms with Crippen LogP contribution in [0.3, 0.4) is 0 Å². The van der Waals surface area contributed by atoms with Crippen molar-refractivity contribution in [2.24, 2.45) is 5.41 Å². The molecule has 0 saturated heterocycles. The standard InChI is InChI=1S/C16H24N2/c1-16(2)8-6-13(10-16)18-9-7-12-4-3-5-15(17)14(12)11-18/h3-5,13H,6-11,17H2,1-2H3. The first-order chi connectivity index (χ1) is 8.55. The highest BCUT2D eigenvalue weighted by atomic mass is 15.2. The quantitative estimate of drug-likeness (QED) is 0.769. The molecule has 0 spiro atoms. The Hall–Kier alpha value is -1.02. The van der Waals surface area contributed by atoms with Crippen molar-refractivity contribution < 1.29 is 0 Å². The van der Waals surface area contributed by atoms with E-state index in [1.165, 1.54) is 36.9 Å². The topological polar surface area (TPSA) is 29.3 Å².